The molecule has 1 heterocycles. The van der Waals surface area contributed by atoms with Crippen LogP contribution in [0.1, 0.15) is 0 Å². The number of aromatic nitrogens is 1. The van der Waals surface area contributed by atoms with Crippen LogP contribution in [0.15, 0.2) is 35.7 Å². The van der Waals surface area contributed by atoms with Gasteiger partial charge in [-0.15, -0.1) is 0 Å². The van der Waals surface area contributed by atoms with Crippen LogP contribution < -0.4 is 20.8 Å². The lowest BCUT2D eigenvalue weighted by molar-refractivity contribution is -0.682. The van der Waals surface area contributed by atoms with Crippen molar-refractivity contribution in [3.8, 4) is 0 Å². The molecule has 8 nitrogen and oxygen atoms in total. The van der Waals surface area contributed by atoms with Crippen LogP contribution in [0, 0.1) is 0 Å². The Morgan fingerprint density at radius 2 is 1.95 bits per heavy atom. The number of hydrogen-bond acceptors (Lipinski definition) is 6. The molecule has 1 amide bonds. The predicted molar refractivity (Wildman–Crippen MR) is 63.8 cm³/mol. The van der Waals surface area contributed by atoms with Gasteiger partial charge in [-0.3, -0.25) is 0 Å². The molecule has 0 bridgehead atoms. The molecule has 0 spiro atoms. The first-order valence-electron chi connectivity index (χ1n) is 5.68. The van der Waals surface area contributed by atoms with Crippen LogP contribution in [0.3, 0.4) is 0 Å². The average molecular weight is 268 g/mol. The highest BCUT2D eigenvalue weighted by molar-refractivity contribution is 5.67. The van der Waals surface area contributed by atoms with Gasteiger partial charge in [0.2, 0.25) is 18.5 Å². The summed E-state index contributed by atoms with van der Waals surface area (Å²) in [6.45, 7) is 0.554. The van der Waals surface area contributed by atoms with E-state index in [1.165, 1.54) is 4.68 Å². The summed E-state index contributed by atoms with van der Waals surface area (Å²) >= 11 is 0. The fraction of sp³-hybridized carbons (Fsp3) is 0.364. The molecule has 0 fully saturated rings. The maximum Gasteiger partial charge on any atom is 0.407 e. The third-order valence-corrected chi connectivity index (χ3v) is 1.85. The normalized spacial score (nSPS) is 10.9. The average Bonchev–Trinajstić information content (AvgIpc) is 2.42. The Kier molecular flexibility index (Phi) is 6.73. The van der Waals surface area contributed by atoms with Crippen molar-refractivity contribution in [3.63, 3.8) is 0 Å². The van der Waals surface area contributed by atoms with Gasteiger partial charge in [0.1, 0.15) is 6.61 Å². The number of ether oxygens (including phenoxy) is 2. The first-order chi connectivity index (χ1) is 9.22. The fourth-order valence-electron chi connectivity index (χ4n) is 1.07. The number of carbonyl (C=O) groups excluding carboxylic acids is 1. The monoisotopic (exact) mass is 268 g/mol. The first kappa shape index (κ1) is 14.7. The molecule has 0 saturated heterocycles. The molecule has 0 radical (unpaired) electrons. The zero-order chi connectivity index (χ0) is 13.9. The largest absolute Gasteiger partial charge is 0.593 e. The minimum Gasteiger partial charge on any atom is -0.593 e. The topological polar surface area (TPSA) is 113 Å². The molecule has 0 aliphatic rings. The standard InChI is InChI=1S/C11H16N4O4/c12-4-5-13-10(16)18-8-9-19-11(17)14-15-6-2-1-3-7-15/h1-3,6-7H,4-5,8-9,12H2,(H-,13,14,16,17). The quantitative estimate of drug-likeness (QED) is 0.272. The Labute approximate surface area is 110 Å². The van der Waals surface area contributed by atoms with Crippen LogP contribution in [-0.2, 0) is 9.47 Å². The second-order valence-electron chi connectivity index (χ2n) is 3.32. The van der Waals surface area contributed by atoms with Gasteiger partial charge in [-0.1, -0.05) is 10.7 Å². The van der Waals surface area contributed by atoms with Crippen molar-refractivity contribution in [1.29, 1.82) is 0 Å². The van der Waals surface area contributed by atoms with E-state index in [1.54, 1.807) is 30.6 Å². The molecule has 0 unspecified atom stereocenters. The van der Waals surface area contributed by atoms with E-state index in [0.29, 0.717) is 13.1 Å². The summed E-state index contributed by atoms with van der Waals surface area (Å²) in [5, 5.41) is 17.3. The van der Waals surface area contributed by atoms with E-state index in [-0.39, 0.29) is 13.2 Å². The Bertz CT molecular complexity index is 410. The third-order valence-electron chi connectivity index (χ3n) is 1.85. The van der Waals surface area contributed by atoms with Gasteiger partial charge >= 0.3 is 6.09 Å². The van der Waals surface area contributed by atoms with Gasteiger partial charge in [0.25, 0.3) is 0 Å². The number of nitrogens with two attached hydrogens (primary N) is 1. The van der Waals surface area contributed by atoms with Crippen LogP contribution in [0.2, 0.25) is 0 Å². The summed E-state index contributed by atoms with van der Waals surface area (Å²) in [5.74, 6) is 0. The Hall–Kier alpha value is -2.35. The number of pyridine rings is 1. The Morgan fingerprint density at radius 3 is 2.63 bits per heavy atom. The van der Waals surface area contributed by atoms with Gasteiger partial charge in [0.05, 0.1) is 0 Å². The molecule has 0 aliphatic heterocycles. The van der Waals surface area contributed by atoms with Crippen molar-refractivity contribution >= 4 is 12.2 Å². The molecule has 1 rings (SSSR count). The minimum absolute atomic E-state index is 0.0445. The summed E-state index contributed by atoms with van der Waals surface area (Å²) in [5.41, 5.74) is 5.19. The molecule has 1 aromatic rings. The van der Waals surface area contributed by atoms with Crippen LogP contribution in [0.4, 0.5) is 4.79 Å². The molecular formula is C11H16N4O4. The number of amides is 1. The van der Waals surface area contributed by atoms with E-state index in [1.807, 2.05) is 0 Å². The number of hydrogen-bond donors (Lipinski definition) is 2. The number of nitrogens with zero attached hydrogens (tertiary/aromatic N) is 2. The van der Waals surface area contributed by atoms with E-state index in [4.69, 9.17) is 15.2 Å². The molecule has 1 aromatic heterocycles. The van der Waals surface area contributed by atoms with Crippen molar-refractivity contribution in [3.05, 3.63) is 30.6 Å². The molecule has 0 saturated carbocycles. The van der Waals surface area contributed by atoms with E-state index in [9.17, 15) is 9.90 Å². The highest BCUT2D eigenvalue weighted by atomic mass is 16.6. The molecule has 8 heteroatoms. The highest BCUT2D eigenvalue weighted by Gasteiger charge is 1.99. The van der Waals surface area contributed by atoms with Crippen LogP contribution in [0.25, 0.3) is 0 Å². The van der Waals surface area contributed by atoms with Gasteiger partial charge < -0.3 is 25.6 Å². The molecule has 104 valence electrons. The summed E-state index contributed by atoms with van der Waals surface area (Å²) in [7, 11) is 0. The Morgan fingerprint density at radius 1 is 1.26 bits per heavy atom. The van der Waals surface area contributed by atoms with Crippen molar-refractivity contribution < 1.29 is 24.1 Å². The number of carbonyl (C=O) groups is 1. The lowest BCUT2D eigenvalue weighted by Gasteiger charge is -2.11. The molecule has 0 aliphatic carbocycles. The van der Waals surface area contributed by atoms with Gasteiger partial charge in [-0.25, -0.2) is 4.79 Å². The zero-order valence-electron chi connectivity index (χ0n) is 10.3. The van der Waals surface area contributed by atoms with Gasteiger partial charge in [0, 0.05) is 36.9 Å². The second-order valence-corrected chi connectivity index (χ2v) is 3.32. The maximum absolute atomic E-state index is 11.2. The Balaban J connectivity index is 2.19. The summed E-state index contributed by atoms with van der Waals surface area (Å²) in [6, 6.07) is 5.24. The number of alkyl carbamates (subject to hydrolysis) is 1. The summed E-state index contributed by atoms with van der Waals surface area (Å²) in [6.07, 6.45) is 1.83. The van der Waals surface area contributed by atoms with E-state index in [0.717, 1.165) is 0 Å². The lowest BCUT2D eigenvalue weighted by Crippen LogP contribution is -2.35. The van der Waals surface area contributed by atoms with Crippen molar-refractivity contribution in [2.24, 2.45) is 10.8 Å². The van der Waals surface area contributed by atoms with Gasteiger partial charge in [0.15, 0.2) is 0 Å². The first-order valence-corrected chi connectivity index (χ1v) is 5.68. The van der Waals surface area contributed by atoms with Crippen molar-refractivity contribution in [1.82, 2.24) is 5.32 Å². The molecular weight excluding hydrogens is 252 g/mol. The number of rotatable bonds is 6. The van der Waals surface area contributed by atoms with Gasteiger partial charge in [-0.05, 0) is 0 Å². The lowest BCUT2D eigenvalue weighted by atomic mass is 10.5. The van der Waals surface area contributed by atoms with E-state index < -0.39 is 12.2 Å². The van der Waals surface area contributed by atoms with Crippen molar-refractivity contribution in [2.45, 2.75) is 0 Å². The van der Waals surface area contributed by atoms with Crippen LogP contribution in [0.5, 0.6) is 0 Å². The second kappa shape index (κ2) is 8.70. The number of nitrogens with one attached hydrogen (secondary N) is 1. The maximum atomic E-state index is 11.2. The van der Waals surface area contributed by atoms with Crippen molar-refractivity contribution in [2.75, 3.05) is 26.3 Å². The predicted octanol–water partition coefficient (Wildman–Crippen LogP) is -1.84. The summed E-state index contributed by atoms with van der Waals surface area (Å²) in [4.78, 5) is 11.0. The molecule has 0 aromatic carbocycles. The van der Waals surface area contributed by atoms with Crippen LogP contribution in [-0.4, -0.2) is 38.5 Å². The fourth-order valence-corrected chi connectivity index (χ4v) is 1.07. The molecule has 19 heavy (non-hydrogen) atoms. The van der Waals surface area contributed by atoms with Crippen LogP contribution >= 0.6 is 0 Å². The minimum atomic E-state index is -0.762. The molecule has 0 atom stereocenters. The third kappa shape index (κ3) is 6.84. The molecule has 3 N–H and O–H groups in total. The smallest absolute Gasteiger partial charge is 0.407 e. The van der Waals surface area contributed by atoms with E-state index >= 15 is 0 Å². The highest BCUT2D eigenvalue weighted by Crippen LogP contribution is 1.81. The van der Waals surface area contributed by atoms with Gasteiger partial charge in [-0.2, -0.15) is 0 Å². The zero-order valence-corrected chi connectivity index (χ0v) is 10.3. The summed E-state index contributed by atoms with van der Waals surface area (Å²) < 4.78 is 10.8. The van der Waals surface area contributed by atoms with E-state index in [2.05, 4.69) is 10.4 Å². The SMILES string of the molecule is NCCNC(=O)OCCO/C([O-])=N/[n+]1ccccc1.